The van der Waals surface area contributed by atoms with Crippen molar-refractivity contribution in [2.75, 3.05) is 11.9 Å². The van der Waals surface area contributed by atoms with Gasteiger partial charge in [0.2, 0.25) is 0 Å². The molecule has 0 amide bonds. The standard InChI is InChI=1S/C13H16ClF3N2/c14-11-6-10(13(15,16)17)7-12(19-11)18-8-9-4-2-1-3-5-9/h6-7,9H,1-5,8H2,(H,18,19). The zero-order chi connectivity index (χ0) is 13.9. The molecule has 0 saturated heterocycles. The number of anilines is 1. The summed E-state index contributed by atoms with van der Waals surface area (Å²) in [6, 6.07) is 1.85. The van der Waals surface area contributed by atoms with Crippen LogP contribution in [0.5, 0.6) is 0 Å². The van der Waals surface area contributed by atoms with Crippen LogP contribution in [0.1, 0.15) is 37.7 Å². The monoisotopic (exact) mass is 292 g/mol. The maximum Gasteiger partial charge on any atom is 0.416 e. The second kappa shape index (κ2) is 5.99. The third-order valence-corrected chi connectivity index (χ3v) is 3.61. The summed E-state index contributed by atoms with van der Waals surface area (Å²) < 4.78 is 37.9. The highest BCUT2D eigenvalue weighted by Gasteiger charge is 2.31. The van der Waals surface area contributed by atoms with Crippen molar-refractivity contribution in [2.45, 2.75) is 38.3 Å². The highest BCUT2D eigenvalue weighted by atomic mass is 35.5. The first-order valence-electron chi connectivity index (χ1n) is 6.44. The molecule has 6 heteroatoms. The Morgan fingerprint density at radius 2 is 1.89 bits per heavy atom. The highest BCUT2D eigenvalue weighted by molar-refractivity contribution is 6.29. The average Bonchev–Trinajstić information content (AvgIpc) is 2.36. The van der Waals surface area contributed by atoms with Gasteiger partial charge in [0, 0.05) is 6.54 Å². The van der Waals surface area contributed by atoms with Gasteiger partial charge in [-0.05, 0) is 30.9 Å². The molecule has 1 aromatic rings. The normalized spacial score (nSPS) is 17.5. The molecule has 2 rings (SSSR count). The fourth-order valence-corrected chi connectivity index (χ4v) is 2.60. The van der Waals surface area contributed by atoms with Crippen LogP contribution in [-0.4, -0.2) is 11.5 Å². The lowest BCUT2D eigenvalue weighted by molar-refractivity contribution is -0.137. The van der Waals surface area contributed by atoms with Gasteiger partial charge >= 0.3 is 6.18 Å². The number of pyridine rings is 1. The predicted octanol–water partition coefficient (Wildman–Crippen LogP) is 4.75. The van der Waals surface area contributed by atoms with E-state index in [-0.39, 0.29) is 11.0 Å². The molecule has 1 fully saturated rings. The molecule has 19 heavy (non-hydrogen) atoms. The van der Waals surface area contributed by atoms with Crippen molar-refractivity contribution in [2.24, 2.45) is 5.92 Å². The summed E-state index contributed by atoms with van der Waals surface area (Å²) >= 11 is 5.63. The van der Waals surface area contributed by atoms with Crippen LogP contribution < -0.4 is 5.32 Å². The van der Waals surface area contributed by atoms with E-state index in [4.69, 9.17) is 11.6 Å². The second-order valence-electron chi connectivity index (χ2n) is 4.95. The molecular weight excluding hydrogens is 277 g/mol. The number of hydrogen-bond acceptors (Lipinski definition) is 2. The minimum absolute atomic E-state index is 0.138. The summed E-state index contributed by atoms with van der Waals surface area (Å²) in [7, 11) is 0. The van der Waals surface area contributed by atoms with Crippen molar-refractivity contribution in [3.8, 4) is 0 Å². The van der Waals surface area contributed by atoms with Crippen LogP contribution in [0.25, 0.3) is 0 Å². The van der Waals surface area contributed by atoms with Crippen molar-refractivity contribution in [3.63, 3.8) is 0 Å². The molecule has 0 aliphatic heterocycles. The highest BCUT2D eigenvalue weighted by Crippen LogP contribution is 2.32. The molecule has 0 aromatic carbocycles. The van der Waals surface area contributed by atoms with Crippen LogP contribution in [0.2, 0.25) is 5.15 Å². The van der Waals surface area contributed by atoms with Crippen LogP contribution in [0.3, 0.4) is 0 Å². The van der Waals surface area contributed by atoms with Gasteiger partial charge in [-0.1, -0.05) is 30.9 Å². The molecule has 2 nitrogen and oxygen atoms in total. The van der Waals surface area contributed by atoms with E-state index in [0.29, 0.717) is 12.5 Å². The smallest absolute Gasteiger partial charge is 0.370 e. The van der Waals surface area contributed by atoms with E-state index < -0.39 is 11.7 Å². The lowest BCUT2D eigenvalue weighted by Gasteiger charge is -2.22. The van der Waals surface area contributed by atoms with Gasteiger partial charge in [-0.25, -0.2) is 4.98 Å². The Morgan fingerprint density at radius 3 is 2.53 bits per heavy atom. The van der Waals surface area contributed by atoms with Crippen molar-refractivity contribution in [3.05, 3.63) is 22.8 Å². The minimum Gasteiger partial charge on any atom is -0.370 e. The molecule has 0 spiro atoms. The van der Waals surface area contributed by atoms with Crippen LogP contribution >= 0.6 is 11.6 Å². The van der Waals surface area contributed by atoms with E-state index in [1.54, 1.807) is 0 Å². The van der Waals surface area contributed by atoms with E-state index >= 15 is 0 Å². The Kier molecular flexibility index (Phi) is 4.55. The summed E-state index contributed by atoms with van der Waals surface area (Å²) in [5, 5.41) is 2.83. The lowest BCUT2D eigenvalue weighted by Crippen LogP contribution is -2.18. The number of alkyl halides is 3. The van der Waals surface area contributed by atoms with Gasteiger partial charge in [0.25, 0.3) is 0 Å². The summed E-state index contributed by atoms with van der Waals surface area (Å²) in [4.78, 5) is 3.89. The van der Waals surface area contributed by atoms with Crippen LogP contribution in [-0.2, 0) is 6.18 Å². The predicted molar refractivity (Wildman–Crippen MR) is 69.3 cm³/mol. The molecule has 0 radical (unpaired) electrons. The van der Waals surface area contributed by atoms with Crippen LogP contribution in [0.4, 0.5) is 19.0 Å². The molecule has 1 aliphatic rings. The van der Waals surface area contributed by atoms with Crippen molar-refractivity contribution in [1.29, 1.82) is 0 Å². The van der Waals surface area contributed by atoms with E-state index in [0.717, 1.165) is 25.0 Å². The third kappa shape index (κ3) is 4.27. The topological polar surface area (TPSA) is 24.9 Å². The van der Waals surface area contributed by atoms with E-state index in [1.807, 2.05) is 0 Å². The quantitative estimate of drug-likeness (QED) is 0.814. The number of rotatable bonds is 3. The third-order valence-electron chi connectivity index (χ3n) is 3.42. The summed E-state index contributed by atoms with van der Waals surface area (Å²) in [6.45, 7) is 0.657. The van der Waals surface area contributed by atoms with Crippen molar-refractivity contribution in [1.82, 2.24) is 4.98 Å². The van der Waals surface area contributed by atoms with Gasteiger partial charge in [0.1, 0.15) is 11.0 Å². The molecule has 106 valence electrons. The molecule has 1 heterocycles. The Morgan fingerprint density at radius 1 is 1.21 bits per heavy atom. The molecule has 1 aliphatic carbocycles. The molecule has 0 atom stereocenters. The SMILES string of the molecule is FC(F)(F)c1cc(Cl)nc(NCC2CCCCC2)c1. The average molecular weight is 293 g/mol. The molecule has 0 bridgehead atoms. The number of aromatic nitrogens is 1. The lowest BCUT2D eigenvalue weighted by atomic mass is 9.89. The molecule has 1 N–H and O–H groups in total. The van der Waals surface area contributed by atoms with Gasteiger partial charge in [-0.3, -0.25) is 0 Å². The van der Waals surface area contributed by atoms with Crippen LogP contribution in [0.15, 0.2) is 12.1 Å². The van der Waals surface area contributed by atoms with E-state index in [9.17, 15) is 13.2 Å². The van der Waals surface area contributed by atoms with Gasteiger partial charge in [0.15, 0.2) is 0 Å². The van der Waals surface area contributed by atoms with Crippen molar-refractivity contribution >= 4 is 17.4 Å². The first-order chi connectivity index (χ1) is 8.95. The van der Waals surface area contributed by atoms with Gasteiger partial charge in [0.05, 0.1) is 5.56 Å². The van der Waals surface area contributed by atoms with Gasteiger partial charge in [-0.15, -0.1) is 0 Å². The Bertz CT molecular complexity index is 428. The maximum absolute atomic E-state index is 12.6. The molecule has 1 saturated carbocycles. The number of nitrogens with zero attached hydrogens (tertiary/aromatic N) is 1. The maximum atomic E-state index is 12.6. The fraction of sp³-hybridized carbons (Fsp3) is 0.615. The molecular formula is C13H16ClF3N2. The zero-order valence-corrected chi connectivity index (χ0v) is 11.2. The molecule has 0 unspecified atom stereocenters. The summed E-state index contributed by atoms with van der Waals surface area (Å²) in [6.07, 6.45) is 1.50. The first-order valence-corrected chi connectivity index (χ1v) is 6.81. The number of hydrogen-bond donors (Lipinski definition) is 1. The largest absolute Gasteiger partial charge is 0.416 e. The summed E-state index contributed by atoms with van der Waals surface area (Å²) in [5.41, 5.74) is -0.765. The van der Waals surface area contributed by atoms with Crippen molar-refractivity contribution < 1.29 is 13.2 Å². The Labute approximate surface area is 115 Å². The van der Waals surface area contributed by atoms with E-state index in [1.165, 1.54) is 19.3 Å². The Balaban J connectivity index is 2.01. The second-order valence-corrected chi connectivity index (χ2v) is 5.33. The molecule has 1 aromatic heterocycles. The summed E-state index contributed by atoms with van der Waals surface area (Å²) in [5.74, 6) is 0.717. The first kappa shape index (κ1) is 14.4. The van der Waals surface area contributed by atoms with Gasteiger partial charge in [-0.2, -0.15) is 13.2 Å². The number of halogens is 4. The Hall–Kier alpha value is -0.970. The van der Waals surface area contributed by atoms with E-state index in [2.05, 4.69) is 10.3 Å². The number of nitrogens with one attached hydrogen (secondary N) is 1. The van der Waals surface area contributed by atoms with Crippen LogP contribution in [0, 0.1) is 5.92 Å². The van der Waals surface area contributed by atoms with Gasteiger partial charge < -0.3 is 5.32 Å². The zero-order valence-electron chi connectivity index (χ0n) is 10.4. The minimum atomic E-state index is -4.39. The fourth-order valence-electron chi connectivity index (χ4n) is 2.39.